The molecule has 0 rings (SSSR count). The summed E-state index contributed by atoms with van der Waals surface area (Å²) in [5, 5.41) is 16.8. The molecule has 0 heterocycles. The van der Waals surface area contributed by atoms with Crippen LogP contribution in [0.2, 0.25) is 0 Å². The number of likely N-dealkylation sites (N-methyl/N-ethyl adjacent to an activating group) is 1. The van der Waals surface area contributed by atoms with Crippen LogP contribution in [-0.2, 0) is 0 Å². The van der Waals surface area contributed by atoms with E-state index in [0.29, 0.717) is 0 Å². The van der Waals surface area contributed by atoms with Crippen LogP contribution in [0.1, 0.15) is 0 Å². The van der Waals surface area contributed by atoms with Crippen LogP contribution >= 0.6 is 0 Å². The highest BCUT2D eigenvalue weighted by molar-refractivity contribution is 5.56. The fraction of sp³-hybridized carbons (Fsp3) is 0.800. The van der Waals surface area contributed by atoms with E-state index in [1.165, 1.54) is 14.1 Å². The van der Waals surface area contributed by atoms with Crippen molar-refractivity contribution in [1.82, 2.24) is 0 Å². The number of aliphatic hydroxyl groups is 1. The van der Waals surface area contributed by atoms with Gasteiger partial charge in [-0.15, -0.1) is 0 Å². The Kier molecular flexibility index (Phi) is 2.61. The lowest BCUT2D eigenvalue weighted by atomic mass is 10.5. The van der Waals surface area contributed by atoms with Gasteiger partial charge < -0.3 is 10.2 Å². The molecule has 0 spiro atoms. The van der Waals surface area contributed by atoms with Gasteiger partial charge in [0.15, 0.2) is 0 Å². The predicted octanol–water partition coefficient (Wildman–Crippen LogP) is -0.267. The maximum Gasteiger partial charge on any atom is 0.513 e. The second-order valence-electron chi connectivity index (χ2n) is 2.41. The van der Waals surface area contributed by atoms with E-state index < -0.39 is 6.09 Å². The Hall–Kier alpha value is -0.610. The minimum Gasteiger partial charge on any atom is -0.435 e. The minimum atomic E-state index is -0.927. The lowest BCUT2D eigenvalue weighted by molar-refractivity contribution is -0.817. The first-order valence-corrected chi connectivity index (χ1v) is 2.68. The second kappa shape index (κ2) is 2.80. The van der Waals surface area contributed by atoms with Crippen molar-refractivity contribution < 1.29 is 19.5 Å². The Labute approximate surface area is 53.9 Å². The zero-order valence-electron chi connectivity index (χ0n) is 5.66. The quantitative estimate of drug-likeness (QED) is 0.511. The summed E-state index contributed by atoms with van der Waals surface area (Å²) < 4.78 is -0.184. The largest absolute Gasteiger partial charge is 0.513 e. The highest BCUT2D eigenvalue weighted by Crippen LogP contribution is 1.94. The van der Waals surface area contributed by atoms with Gasteiger partial charge in [0.1, 0.15) is 6.54 Å². The van der Waals surface area contributed by atoms with E-state index in [9.17, 15) is 4.79 Å². The molecule has 0 unspecified atom stereocenters. The van der Waals surface area contributed by atoms with E-state index in [0.717, 1.165) is 0 Å². The number of nitrogens with zero attached hydrogens (tertiary/aromatic N) is 1. The van der Waals surface area contributed by atoms with Gasteiger partial charge in [-0.25, -0.2) is 4.48 Å². The highest BCUT2D eigenvalue weighted by Gasteiger charge is 2.23. The van der Waals surface area contributed by atoms with Gasteiger partial charge in [-0.05, 0) is 0 Å². The first-order chi connectivity index (χ1) is 4.00. The third kappa shape index (κ3) is 2.43. The molecule has 0 aliphatic rings. The van der Waals surface area contributed by atoms with Crippen LogP contribution in [0.3, 0.4) is 0 Å². The third-order valence-electron chi connectivity index (χ3n) is 1.18. The summed E-state index contributed by atoms with van der Waals surface area (Å²) in [5.41, 5.74) is 0. The summed E-state index contributed by atoms with van der Waals surface area (Å²) in [6.07, 6.45) is -0.927. The molecular weight excluding hydrogens is 122 g/mol. The maximum absolute atomic E-state index is 10.3. The van der Waals surface area contributed by atoms with Gasteiger partial charge in [-0.3, -0.25) is 0 Å². The van der Waals surface area contributed by atoms with Gasteiger partial charge in [-0.1, -0.05) is 0 Å². The molecule has 54 valence electrons. The third-order valence-corrected chi connectivity index (χ3v) is 1.18. The Bertz CT molecular complexity index is 111. The van der Waals surface area contributed by atoms with Crippen LogP contribution in [0.5, 0.6) is 0 Å². The molecule has 9 heavy (non-hydrogen) atoms. The Morgan fingerprint density at radius 2 is 2.00 bits per heavy atom. The van der Waals surface area contributed by atoms with Crippen molar-refractivity contribution in [3.05, 3.63) is 0 Å². The van der Waals surface area contributed by atoms with Crippen molar-refractivity contribution >= 4 is 6.09 Å². The van der Waals surface area contributed by atoms with Gasteiger partial charge in [0.25, 0.3) is 0 Å². The minimum absolute atomic E-state index is 0.0979. The monoisotopic (exact) mass is 134 g/mol. The molecule has 0 aliphatic carbocycles. The number of aliphatic hydroxyl groups excluding tert-OH is 1. The van der Waals surface area contributed by atoms with Crippen LogP contribution < -0.4 is 0 Å². The molecule has 1 amide bonds. The highest BCUT2D eigenvalue weighted by atomic mass is 16.4. The van der Waals surface area contributed by atoms with Crippen LogP contribution in [-0.4, -0.2) is 48.0 Å². The van der Waals surface area contributed by atoms with Crippen LogP contribution in [0, 0.1) is 0 Å². The zero-order chi connectivity index (χ0) is 7.49. The van der Waals surface area contributed by atoms with Crippen LogP contribution in [0.4, 0.5) is 4.79 Å². The normalized spacial score (nSPS) is 11.4. The number of quaternary nitrogens is 1. The van der Waals surface area contributed by atoms with E-state index in [4.69, 9.17) is 10.2 Å². The summed E-state index contributed by atoms with van der Waals surface area (Å²) in [6, 6.07) is 0. The molecule has 0 bridgehead atoms. The maximum atomic E-state index is 10.3. The van der Waals surface area contributed by atoms with Crippen molar-refractivity contribution in [2.75, 3.05) is 27.2 Å². The molecule has 0 fully saturated rings. The van der Waals surface area contributed by atoms with Crippen LogP contribution in [0.25, 0.3) is 0 Å². The zero-order valence-corrected chi connectivity index (χ0v) is 5.66. The summed E-state index contributed by atoms with van der Waals surface area (Å²) in [4.78, 5) is 10.3. The van der Waals surface area contributed by atoms with Gasteiger partial charge in [-0.2, -0.15) is 4.79 Å². The lowest BCUT2D eigenvalue weighted by Crippen LogP contribution is -2.46. The molecule has 4 nitrogen and oxygen atoms in total. The molecule has 0 aliphatic heterocycles. The van der Waals surface area contributed by atoms with Gasteiger partial charge in [0.2, 0.25) is 0 Å². The van der Waals surface area contributed by atoms with Crippen molar-refractivity contribution in [1.29, 1.82) is 0 Å². The molecule has 0 aromatic carbocycles. The molecule has 0 atom stereocenters. The summed E-state index contributed by atoms with van der Waals surface area (Å²) in [7, 11) is 3.05. The number of amides is 1. The number of carbonyl (C=O) groups is 1. The van der Waals surface area contributed by atoms with Crippen LogP contribution in [0.15, 0.2) is 0 Å². The fourth-order valence-electron chi connectivity index (χ4n) is 0.346. The Balaban J connectivity index is 3.85. The molecular formula is C5H12NO3+. The van der Waals surface area contributed by atoms with Crippen molar-refractivity contribution in [2.45, 2.75) is 0 Å². The number of hydrogen-bond donors (Lipinski definition) is 2. The van der Waals surface area contributed by atoms with E-state index in [1.54, 1.807) is 0 Å². The molecule has 0 saturated carbocycles. The Morgan fingerprint density at radius 1 is 1.56 bits per heavy atom. The van der Waals surface area contributed by atoms with E-state index >= 15 is 0 Å². The summed E-state index contributed by atoms with van der Waals surface area (Å²) in [5.74, 6) is 0. The Morgan fingerprint density at radius 3 is 2.11 bits per heavy atom. The molecule has 0 radical (unpaired) electrons. The van der Waals surface area contributed by atoms with E-state index in [1.807, 2.05) is 0 Å². The standard InChI is InChI=1S/C5H11NO3/c1-6(2,3-4-7)5(8)9/h7H,3-4H2,1-2H3/p+1. The predicted molar refractivity (Wildman–Crippen MR) is 32.1 cm³/mol. The summed E-state index contributed by atoms with van der Waals surface area (Å²) in [6.45, 7) is 0.147. The average molecular weight is 134 g/mol. The molecule has 0 saturated heterocycles. The number of rotatable bonds is 2. The van der Waals surface area contributed by atoms with Gasteiger partial charge >= 0.3 is 6.09 Å². The first kappa shape index (κ1) is 8.39. The topological polar surface area (TPSA) is 57.5 Å². The second-order valence-corrected chi connectivity index (χ2v) is 2.41. The number of hydrogen-bond acceptors (Lipinski definition) is 2. The lowest BCUT2D eigenvalue weighted by Gasteiger charge is -2.20. The SMILES string of the molecule is C[N+](C)(CCO)C(=O)O. The van der Waals surface area contributed by atoms with Crippen molar-refractivity contribution in [3.63, 3.8) is 0 Å². The molecule has 4 heteroatoms. The van der Waals surface area contributed by atoms with Crippen molar-refractivity contribution in [3.8, 4) is 0 Å². The average Bonchev–Trinajstić information content (AvgIpc) is 1.65. The number of carboxylic acid groups (broad SMARTS) is 1. The summed E-state index contributed by atoms with van der Waals surface area (Å²) >= 11 is 0. The molecule has 0 aromatic heterocycles. The first-order valence-electron chi connectivity index (χ1n) is 2.68. The molecule has 2 N–H and O–H groups in total. The van der Waals surface area contributed by atoms with Gasteiger partial charge in [0, 0.05) is 0 Å². The smallest absolute Gasteiger partial charge is 0.435 e. The van der Waals surface area contributed by atoms with E-state index in [-0.39, 0.29) is 17.6 Å². The fourth-order valence-corrected chi connectivity index (χ4v) is 0.346. The van der Waals surface area contributed by atoms with Crippen molar-refractivity contribution in [2.24, 2.45) is 0 Å². The molecule has 0 aromatic rings. The van der Waals surface area contributed by atoms with Gasteiger partial charge in [0.05, 0.1) is 20.7 Å². The van der Waals surface area contributed by atoms with E-state index in [2.05, 4.69) is 0 Å².